The molecule has 0 bridgehead atoms. The van der Waals surface area contributed by atoms with Crippen LogP contribution in [0, 0.1) is 0 Å². The monoisotopic (exact) mass is 301 g/mol. The Morgan fingerprint density at radius 1 is 1.21 bits per heavy atom. The van der Waals surface area contributed by atoms with Crippen LogP contribution in [0.5, 0.6) is 0 Å². The fraction of sp³-hybridized carbons (Fsp3) is 0.750. The van der Waals surface area contributed by atoms with Gasteiger partial charge in [-0.1, -0.05) is 0 Å². The lowest BCUT2D eigenvalue weighted by Crippen LogP contribution is -2.41. The highest BCUT2D eigenvalue weighted by atomic mass is 32.2. The lowest BCUT2D eigenvalue weighted by Gasteiger charge is -2.28. The first-order valence-electron chi connectivity index (χ1n) is 6.80. The Hall–Kier alpha value is -0.500. The summed E-state index contributed by atoms with van der Waals surface area (Å²) in [5.74, 6) is 0.411. The van der Waals surface area contributed by atoms with E-state index in [9.17, 15) is 8.42 Å². The predicted molar refractivity (Wildman–Crippen MR) is 75.4 cm³/mol. The van der Waals surface area contributed by atoms with E-state index in [1.165, 1.54) is 39.1 Å². The first kappa shape index (κ1) is 13.5. The average Bonchev–Trinajstić information content (AvgIpc) is 2.81. The molecule has 19 heavy (non-hydrogen) atoms. The van der Waals surface area contributed by atoms with E-state index in [2.05, 4.69) is 0 Å². The Balaban J connectivity index is 1.70. The summed E-state index contributed by atoms with van der Waals surface area (Å²) in [6, 6.07) is 0. The maximum Gasteiger partial charge on any atom is 0.276 e. The number of aromatic nitrogens is 1. The molecule has 1 aromatic heterocycles. The fourth-order valence-electron chi connectivity index (χ4n) is 2.90. The first-order chi connectivity index (χ1) is 9.04. The second-order valence-corrected chi connectivity index (χ2v) is 8.01. The van der Waals surface area contributed by atoms with Gasteiger partial charge in [0.15, 0.2) is 0 Å². The summed E-state index contributed by atoms with van der Waals surface area (Å²) in [5.41, 5.74) is 1.29. The van der Waals surface area contributed by atoms with E-state index in [0.717, 1.165) is 19.3 Å². The molecule has 106 valence electrons. The Kier molecular flexibility index (Phi) is 3.63. The van der Waals surface area contributed by atoms with E-state index in [4.69, 9.17) is 10.1 Å². The molecular weight excluding hydrogens is 282 g/mol. The third-order valence-electron chi connectivity index (χ3n) is 4.03. The number of nitrogens with zero attached hydrogens (tertiary/aromatic N) is 2. The van der Waals surface area contributed by atoms with Crippen LogP contribution in [0.25, 0.3) is 0 Å². The molecule has 0 spiro atoms. The molecule has 2 heterocycles. The molecule has 1 fully saturated rings. The molecule has 7 heteroatoms. The van der Waals surface area contributed by atoms with Gasteiger partial charge in [-0.2, -0.15) is 12.7 Å². The number of aryl methyl sites for hydroxylation is 2. The summed E-state index contributed by atoms with van der Waals surface area (Å²) >= 11 is 1.84. The van der Waals surface area contributed by atoms with Gasteiger partial charge >= 0.3 is 0 Å². The van der Waals surface area contributed by atoms with E-state index in [1.54, 1.807) is 0 Å². The minimum Gasteiger partial charge on any atom is -0.246 e. The normalized spacial score (nSPS) is 22.4. The molecule has 1 aromatic rings. The van der Waals surface area contributed by atoms with Crippen LogP contribution in [-0.4, -0.2) is 30.8 Å². The SMILES string of the molecule is NS(=O)(=O)N1CCC(c2nc3c(s2)CCCC3)CC1. The van der Waals surface area contributed by atoms with Gasteiger partial charge in [-0.25, -0.2) is 10.1 Å². The molecule has 1 aliphatic carbocycles. The van der Waals surface area contributed by atoms with E-state index >= 15 is 0 Å². The number of hydrogen-bond acceptors (Lipinski definition) is 4. The zero-order chi connectivity index (χ0) is 13.5. The van der Waals surface area contributed by atoms with Crippen LogP contribution in [0.1, 0.15) is 47.2 Å². The molecule has 0 amide bonds. The molecule has 5 nitrogen and oxygen atoms in total. The maximum atomic E-state index is 11.3. The molecular formula is C12H19N3O2S2. The molecule has 0 aromatic carbocycles. The van der Waals surface area contributed by atoms with Crippen molar-refractivity contribution in [2.24, 2.45) is 5.14 Å². The van der Waals surface area contributed by atoms with Crippen LogP contribution in [0.3, 0.4) is 0 Å². The van der Waals surface area contributed by atoms with Crippen molar-refractivity contribution < 1.29 is 8.42 Å². The molecule has 0 saturated carbocycles. The Morgan fingerprint density at radius 2 is 1.89 bits per heavy atom. The number of fused-ring (bicyclic) bond motifs is 1. The van der Waals surface area contributed by atoms with Gasteiger partial charge < -0.3 is 0 Å². The minimum atomic E-state index is -3.52. The molecule has 1 saturated heterocycles. The van der Waals surface area contributed by atoms with E-state index in [0.29, 0.717) is 19.0 Å². The summed E-state index contributed by atoms with van der Waals surface area (Å²) in [6.45, 7) is 1.04. The topological polar surface area (TPSA) is 76.3 Å². The van der Waals surface area contributed by atoms with Gasteiger partial charge in [-0.15, -0.1) is 11.3 Å². The van der Waals surface area contributed by atoms with Crippen LogP contribution >= 0.6 is 11.3 Å². The van der Waals surface area contributed by atoms with Gasteiger partial charge in [0, 0.05) is 23.9 Å². The second kappa shape index (κ2) is 5.12. The molecule has 0 atom stereocenters. The van der Waals surface area contributed by atoms with Crippen molar-refractivity contribution in [3.8, 4) is 0 Å². The second-order valence-electron chi connectivity index (χ2n) is 5.35. The van der Waals surface area contributed by atoms with Crippen molar-refractivity contribution in [1.29, 1.82) is 0 Å². The molecule has 3 rings (SSSR count). The highest BCUT2D eigenvalue weighted by molar-refractivity contribution is 7.86. The van der Waals surface area contributed by atoms with Gasteiger partial charge in [-0.3, -0.25) is 0 Å². The van der Waals surface area contributed by atoms with Gasteiger partial charge in [0.1, 0.15) is 0 Å². The average molecular weight is 301 g/mol. The highest BCUT2D eigenvalue weighted by Gasteiger charge is 2.28. The van der Waals surface area contributed by atoms with E-state index < -0.39 is 10.2 Å². The third kappa shape index (κ3) is 2.84. The van der Waals surface area contributed by atoms with Crippen LogP contribution in [0.2, 0.25) is 0 Å². The van der Waals surface area contributed by atoms with Gasteiger partial charge in [0.25, 0.3) is 10.2 Å². The Labute approximate surface area is 118 Å². The summed E-state index contributed by atoms with van der Waals surface area (Å²) in [6.07, 6.45) is 6.48. The number of rotatable bonds is 2. The van der Waals surface area contributed by atoms with Crippen LogP contribution in [0.15, 0.2) is 0 Å². The lowest BCUT2D eigenvalue weighted by molar-refractivity contribution is 0.319. The number of piperidine rings is 1. The molecule has 1 aliphatic heterocycles. The maximum absolute atomic E-state index is 11.3. The first-order valence-corrected chi connectivity index (χ1v) is 9.12. The Bertz CT molecular complexity index is 536. The van der Waals surface area contributed by atoms with Crippen LogP contribution in [0.4, 0.5) is 0 Å². The number of hydrogen-bond donors (Lipinski definition) is 1. The van der Waals surface area contributed by atoms with Crippen molar-refractivity contribution in [3.05, 3.63) is 15.6 Å². The van der Waals surface area contributed by atoms with Crippen molar-refractivity contribution in [2.75, 3.05) is 13.1 Å². The van der Waals surface area contributed by atoms with Gasteiger partial charge in [-0.05, 0) is 38.5 Å². The predicted octanol–water partition coefficient (Wildman–Crippen LogP) is 1.40. The zero-order valence-electron chi connectivity index (χ0n) is 10.8. The van der Waals surface area contributed by atoms with E-state index in [-0.39, 0.29) is 0 Å². The molecule has 0 radical (unpaired) electrons. The van der Waals surface area contributed by atoms with Crippen molar-refractivity contribution in [3.63, 3.8) is 0 Å². The van der Waals surface area contributed by atoms with Crippen molar-refractivity contribution in [1.82, 2.24) is 9.29 Å². The largest absolute Gasteiger partial charge is 0.276 e. The molecule has 0 unspecified atom stereocenters. The van der Waals surface area contributed by atoms with Crippen LogP contribution in [-0.2, 0) is 23.1 Å². The summed E-state index contributed by atoms with van der Waals surface area (Å²) < 4.78 is 23.9. The molecule has 2 aliphatic rings. The standard InChI is InChI=1S/C12H19N3O2S2/c13-19(16,17)15-7-5-9(6-8-15)12-14-10-3-1-2-4-11(10)18-12/h9H,1-8H2,(H2,13,16,17). The smallest absolute Gasteiger partial charge is 0.246 e. The quantitative estimate of drug-likeness (QED) is 0.897. The Morgan fingerprint density at radius 3 is 2.53 bits per heavy atom. The van der Waals surface area contributed by atoms with Crippen molar-refractivity contribution >= 4 is 21.5 Å². The highest BCUT2D eigenvalue weighted by Crippen LogP contribution is 2.35. The van der Waals surface area contributed by atoms with Crippen LogP contribution < -0.4 is 5.14 Å². The fourth-order valence-corrected chi connectivity index (χ4v) is 4.95. The molecule has 2 N–H and O–H groups in total. The summed E-state index contributed by atoms with van der Waals surface area (Å²) in [5, 5.41) is 6.37. The summed E-state index contributed by atoms with van der Waals surface area (Å²) in [7, 11) is -3.52. The number of nitrogens with two attached hydrogens (primary N) is 1. The van der Waals surface area contributed by atoms with Crippen molar-refractivity contribution in [2.45, 2.75) is 44.4 Å². The summed E-state index contributed by atoms with van der Waals surface area (Å²) in [4.78, 5) is 6.23. The lowest BCUT2D eigenvalue weighted by atomic mass is 9.99. The number of thiazole rings is 1. The van der Waals surface area contributed by atoms with Gasteiger partial charge in [0.2, 0.25) is 0 Å². The zero-order valence-corrected chi connectivity index (χ0v) is 12.5. The minimum absolute atomic E-state index is 0.411. The van der Waals surface area contributed by atoms with E-state index in [1.807, 2.05) is 11.3 Å². The third-order valence-corrected chi connectivity index (χ3v) is 6.43. The van der Waals surface area contributed by atoms with Gasteiger partial charge in [0.05, 0.1) is 10.7 Å².